The van der Waals surface area contributed by atoms with Gasteiger partial charge in [0.05, 0.1) is 30.7 Å². The summed E-state index contributed by atoms with van der Waals surface area (Å²) in [6.45, 7) is 2.41. The second kappa shape index (κ2) is 7.76. The van der Waals surface area contributed by atoms with Crippen molar-refractivity contribution in [3.05, 3.63) is 28.3 Å². The fraction of sp³-hybridized carbons (Fsp3) is 0.308. The highest BCUT2D eigenvalue weighted by Crippen LogP contribution is 2.28. The van der Waals surface area contributed by atoms with E-state index < -0.39 is 10.8 Å². The van der Waals surface area contributed by atoms with E-state index in [4.69, 9.17) is 11.2 Å². The maximum atomic E-state index is 11.6. The monoisotopic (exact) mass is 277 g/mol. The first kappa shape index (κ1) is 15.5. The summed E-state index contributed by atoms with van der Waals surface area (Å²) in [4.78, 5) is 22.0. The van der Waals surface area contributed by atoms with E-state index in [1.165, 1.54) is 12.1 Å². The number of terminal acetylenes is 1. The first-order valence-corrected chi connectivity index (χ1v) is 5.93. The lowest BCUT2D eigenvalue weighted by molar-refractivity contribution is -0.384. The van der Waals surface area contributed by atoms with Gasteiger partial charge in [-0.25, -0.2) is 0 Å². The molecule has 0 aliphatic heterocycles. The first-order valence-electron chi connectivity index (χ1n) is 5.93. The van der Waals surface area contributed by atoms with Crippen molar-refractivity contribution in [2.75, 3.05) is 25.0 Å². The van der Waals surface area contributed by atoms with Crippen molar-refractivity contribution in [3.63, 3.8) is 0 Å². The van der Waals surface area contributed by atoms with Crippen LogP contribution in [0.2, 0.25) is 0 Å². The van der Waals surface area contributed by atoms with Crippen LogP contribution in [0.3, 0.4) is 0 Å². The molecule has 0 unspecified atom stereocenters. The van der Waals surface area contributed by atoms with Gasteiger partial charge in [-0.2, -0.15) is 0 Å². The molecule has 0 aliphatic carbocycles. The maximum Gasteiger partial charge on any atom is 0.296 e. The van der Waals surface area contributed by atoms with Crippen LogP contribution in [0, 0.1) is 22.5 Å². The summed E-state index contributed by atoms with van der Waals surface area (Å²) in [5, 5.41) is 16.1. The lowest BCUT2D eigenvalue weighted by Crippen LogP contribution is -2.28. The van der Waals surface area contributed by atoms with E-state index in [0.29, 0.717) is 12.4 Å². The van der Waals surface area contributed by atoms with E-state index >= 15 is 0 Å². The Labute approximate surface area is 116 Å². The smallest absolute Gasteiger partial charge is 0.296 e. The molecule has 0 atom stereocenters. The SMILES string of the molecule is C#CCNCC(=O)Nc1ccc(OCC)cc1[N+](=O)[O-]. The Hall–Kier alpha value is -2.59. The Morgan fingerprint density at radius 1 is 1.55 bits per heavy atom. The molecule has 0 radical (unpaired) electrons. The van der Waals surface area contributed by atoms with Crippen LogP contribution in [0.25, 0.3) is 0 Å². The molecule has 1 rings (SSSR count). The number of nitro benzene ring substituents is 1. The molecule has 20 heavy (non-hydrogen) atoms. The summed E-state index contributed by atoms with van der Waals surface area (Å²) < 4.78 is 5.18. The number of nitrogens with one attached hydrogen (secondary N) is 2. The average molecular weight is 277 g/mol. The van der Waals surface area contributed by atoms with Crippen molar-refractivity contribution in [1.29, 1.82) is 0 Å². The van der Waals surface area contributed by atoms with Gasteiger partial charge in [-0.1, -0.05) is 5.92 Å². The molecule has 0 heterocycles. The Morgan fingerprint density at radius 2 is 2.30 bits per heavy atom. The van der Waals surface area contributed by atoms with Crippen LogP contribution < -0.4 is 15.4 Å². The number of carbonyl (C=O) groups is 1. The number of hydrogen-bond acceptors (Lipinski definition) is 5. The Morgan fingerprint density at radius 3 is 2.90 bits per heavy atom. The molecule has 0 bridgehead atoms. The van der Waals surface area contributed by atoms with Gasteiger partial charge in [0.25, 0.3) is 5.69 Å². The van der Waals surface area contributed by atoms with Gasteiger partial charge in [-0.05, 0) is 19.1 Å². The number of ether oxygens (including phenoxy) is 1. The summed E-state index contributed by atoms with van der Waals surface area (Å²) in [7, 11) is 0. The molecule has 0 saturated heterocycles. The second-order valence-corrected chi connectivity index (χ2v) is 3.72. The van der Waals surface area contributed by atoms with E-state index in [1.807, 2.05) is 0 Å². The highest BCUT2D eigenvalue weighted by molar-refractivity contribution is 5.94. The number of hydrogen-bond donors (Lipinski definition) is 2. The molecule has 106 valence electrons. The molecular formula is C13H15N3O4. The van der Waals surface area contributed by atoms with Crippen LogP contribution >= 0.6 is 0 Å². The van der Waals surface area contributed by atoms with E-state index in [9.17, 15) is 14.9 Å². The average Bonchev–Trinajstić information content (AvgIpc) is 2.41. The van der Waals surface area contributed by atoms with Crippen molar-refractivity contribution in [1.82, 2.24) is 5.32 Å². The minimum atomic E-state index is -0.576. The van der Waals surface area contributed by atoms with Crippen LogP contribution in [0.1, 0.15) is 6.92 Å². The predicted octanol–water partition coefficient (Wildman–Crippen LogP) is 1.15. The van der Waals surface area contributed by atoms with Crippen LogP contribution in [-0.2, 0) is 4.79 Å². The predicted molar refractivity (Wildman–Crippen MR) is 74.6 cm³/mol. The van der Waals surface area contributed by atoms with Crippen molar-refractivity contribution in [2.24, 2.45) is 0 Å². The first-order chi connectivity index (χ1) is 9.58. The summed E-state index contributed by atoms with van der Waals surface area (Å²) in [5.74, 6) is 2.29. The molecular weight excluding hydrogens is 262 g/mol. The van der Waals surface area contributed by atoms with Gasteiger partial charge in [0.15, 0.2) is 0 Å². The normalized spacial score (nSPS) is 9.60. The topological polar surface area (TPSA) is 93.5 Å². The molecule has 2 N–H and O–H groups in total. The zero-order chi connectivity index (χ0) is 15.0. The van der Waals surface area contributed by atoms with Crippen molar-refractivity contribution >= 4 is 17.3 Å². The minimum Gasteiger partial charge on any atom is -0.494 e. The number of nitro groups is 1. The highest BCUT2D eigenvalue weighted by atomic mass is 16.6. The van der Waals surface area contributed by atoms with Crippen molar-refractivity contribution in [3.8, 4) is 18.1 Å². The lowest BCUT2D eigenvalue weighted by atomic mass is 10.2. The molecule has 1 aromatic rings. The third kappa shape index (κ3) is 4.59. The number of rotatable bonds is 7. The van der Waals surface area contributed by atoms with Gasteiger partial charge in [0.1, 0.15) is 11.4 Å². The molecule has 0 fully saturated rings. The lowest BCUT2D eigenvalue weighted by Gasteiger charge is -2.08. The number of anilines is 1. The quantitative estimate of drug-likeness (QED) is 0.337. The standard InChI is InChI=1S/C13H15N3O4/c1-3-7-14-9-13(17)15-11-6-5-10(20-4-2)8-12(11)16(18)19/h1,5-6,8,14H,4,7,9H2,2H3,(H,15,17). The Bertz CT molecular complexity index is 537. The molecule has 0 aliphatic rings. The van der Waals surface area contributed by atoms with Crippen LogP contribution in [0.15, 0.2) is 18.2 Å². The van der Waals surface area contributed by atoms with Gasteiger partial charge in [0, 0.05) is 0 Å². The third-order valence-electron chi connectivity index (χ3n) is 2.26. The fourth-order valence-corrected chi connectivity index (χ4v) is 1.47. The van der Waals surface area contributed by atoms with Crippen LogP contribution in [-0.4, -0.2) is 30.5 Å². The third-order valence-corrected chi connectivity index (χ3v) is 2.26. The zero-order valence-electron chi connectivity index (χ0n) is 11.0. The largest absolute Gasteiger partial charge is 0.494 e. The minimum absolute atomic E-state index is 0.0193. The van der Waals surface area contributed by atoms with E-state index in [0.717, 1.165) is 0 Å². The van der Waals surface area contributed by atoms with Gasteiger partial charge in [-0.15, -0.1) is 6.42 Å². The fourth-order valence-electron chi connectivity index (χ4n) is 1.47. The summed E-state index contributed by atoms with van der Waals surface area (Å²) in [6.07, 6.45) is 5.03. The number of benzene rings is 1. The number of nitrogens with zero attached hydrogens (tertiary/aromatic N) is 1. The van der Waals surface area contributed by atoms with Crippen molar-refractivity contribution in [2.45, 2.75) is 6.92 Å². The molecule has 0 saturated carbocycles. The van der Waals surface area contributed by atoms with E-state index in [1.54, 1.807) is 13.0 Å². The van der Waals surface area contributed by atoms with Gasteiger partial charge in [-0.3, -0.25) is 20.2 Å². The summed E-state index contributed by atoms with van der Waals surface area (Å²) in [6, 6.07) is 4.26. The second-order valence-electron chi connectivity index (χ2n) is 3.72. The molecule has 0 aromatic heterocycles. The maximum absolute atomic E-state index is 11.6. The molecule has 1 aromatic carbocycles. The van der Waals surface area contributed by atoms with Gasteiger partial charge < -0.3 is 10.1 Å². The Balaban J connectivity index is 2.81. The summed E-state index contributed by atoms with van der Waals surface area (Å²) >= 11 is 0. The van der Waals surface area contributed by atoms with E-state index in [2.05, 4.69) is 16.6 Å². The molecule has 7 heteroatoms. The van der Waals surface area contributed by atoms with Gasteiger partial charge in [0.2, 0.25) is 5.91 Å². The highest BCUT2D eigenvalue weighted by Gasteiger charge is 2.17. The number of amides is 1. The Kier molecular flexibility index (Phi) is 6.00. The number of carbonyl (C=O) groups excluding carboxylic acids is 1. The summed E-state index contributed by atoms with van der Waals surface area (Å²) in [5.41, 5.74) is -0.104. The van der Waals surface area contributed by atoms with Crippen molar-refractivity contribution < 1.29 is 14.5 Å². The van der Waals surface area contributed by atoms with Crippen LogP contribution in [0.5, 0.6) is 5.75 Å². The van der Waals surface area contributed by atoms with Gasteiger partial charge >= 0.3 is 0 Å². The van der Waals surface area contributed by atoms with E-state index in [-0.39, 0.29) is 24.5 Å². The molecule has 1 amide bonds. The molecule has 7 nitrogen and oxygen atoms in total. The van der Waals surface area contributed by atoms with Crippen LogP contribution in [0.4, 0.5) is 11.4 Å². The zero-order valence-corrected chi connectivity index (χ0v) is 11.0. The molecule has 0 spiro atoms.